The van der Waals surface area contributed by atoms with Crippen molar-refractivity contribution in [3.8, 4) is 45.6 Å². The summed E-state index contributed by atoms with van der Waals surface area (Å²) in [7, 11) is 0. The van der Waals surface area contributed by atoms with Crippen LogP contribution < -0.4 is 24.8 Å². The second-order valence-corrected chi connectivity index (χ2v) is 14.9. The number of nitriles is 1. The Hall–Kier alpha value is -6.01. The number of aromatic nitrogens is 1. The van der Waals surface area contributed by atoms with Crippen molar-refractivity contribution in [2.45, 2.75) is 58.5 Å². The molecule has 0 aliphatic heterocycles. The van der Waals surface area contributed by atoms with E-state index in [1.165, 1.54) is 20.0 Å². The first kappa shape index (κ1) is 44.1. The number of carboxylic acid groups (broad SMARTS) is 2. The maximum absolute atomic E-state index is 11.8. The van der Waals surface area contributed by atoms with Crippen molar-refractivity contribution in [1.29, 1.82) is 5.26 Å². The highest BCUT2D eigenvalue weighted by molar-refractivity contribution is 6.32. The van der Waals surface area contributed by atoms with Crippen LogP contribution in [0.2, 0.25) is 5.02 Å². The van der Waals surface area contributed by atoms with Crippen LogP contribution in [0.4, 0.5) is 0 Å². The Balaban J connectivity index is 1.33. The Morgan fingerprint density at radius 1 is 0.763 bits per heavy atom. The highest BCUT2D eigenvalue weighted by Crippen LogP contribution is 2.37. The van der Waals surface area contributed by atoms with E-state index in [1.807, 2.05) is 49.4 Å². The first-order valence-electron chi connectivity index (χ1n) is 18.7. The molecule has 0 bridgehead atoms. The lowest BCUT2D eigenvalue weighted by atomic mass is 9.89. The quantitative estimate of drug-likeness (QED) is 0.0469. The lowest BCUT2D eigenvalue weighted by Crippen LogP contribution is -2.53. The van der Waals surface area contributed by atoms with Crippen LogP contribution in [0.3, 0.4) is 0 Å². The first-order valence-corrected chi connectivity index (χ1v) is 19.1. The summed E-state index contributed by atoms with van der Waals surface area (Å²) in [5, 5.41) is 53.5. The van der Waals surface area contributed by atoms with Gasteiger partial charge in [-0.1, -0.05) is 60.1 Å². The van der Waals surface area contributed by atoms with E-state index in [4.69, 9.17) is 25.8 Å². The number of carbonyl (C=O) groups is 2. The van der Waals surface area contributed by atoms with Gasteiger partial charge in [-0.05, 0) is 90.9 Å². The molecular weight excluding hydrogens is 776 g/mol. The van der Waals surface area contributed by atoms with E-state index < -0.39 is 36.2 Å². The van der Waals surface area contributed by atoms with Gasteiger partial charge in [0.25, 0.3) is 0 Å². The van der Waals surface area contributed by atoms with E-state index in [-0.39, 0.29) is 37.9 Å². The SMILES string of the molecule is Cc1c(COc2cc(OCc3cncc(C#N)c3)c(CN[C@@](C)(CO)C(=O)O)cc2Cl)cccc1-c1cccc(-c2ccc(OCCNC(C)(CO)C(=O)O)cc2)c1C. The molecule has 0 aliphatic rings. The molecule has 308 valence electrons. The van der Waals surface area contributed by atoms with Gasteiger partial charge in [0.05, 0.1) is 23.8 Å². The molecule has 5 aromatic rings. The molecule has 2 atom stereocenters. The van der Waals surface area contributed by atoms with Gasteiger partial charge >= 0.3 is 11.9 Å². The topological polar surface area (TPSA) is 203 Å². The summed E-state index contributed by atoms with van der Waals surface area (Å²) in [6.45, 7) is 6.42. The van der Waals surface area contributed by atoms with Gasteiger partial charge in [-0.25, -0.2) is 0 Å². The molecule has 0 radical (unpaired) electrons. The second-order valence-electron chi connectivity index (χ2n) is 14.5. The average Bonchev–Trinajstić information content (AvgIpc) is 3.24. The summed E-state index contributed by atoms with van der Waals surface area (Å²) in [5.41, 5.74) is 5.64. The number of pyridine rings is 1. The molecule has 0 saturated carbocycles. The van der Waals surface area contributed by atoms with Gasteiger partial charge < -0.3 is 34.6 Å². The van der Waals surface area contributed by atoms with Gasteiger partial charge in [0, 0.05) is 42.7 Å². The Kier molecular flexibility index (Phi) is 14.7. The third-order valence-corrected chi connectivity index (χ3v) is 10.5. The average molecular weight is 823 g/mol. The van der Waals surface area contributed by atoms with Crippen LogP contribution in [0, 0.1) is 25.2 Å². The normalized spacial score (nSPS) is 13.1. The molecule has 1 aromatic heterocycles. The highest BCUT2D eigenvalue weighted by atomic mass is 35.5. The van der Waals surface area contributed by atoms with E-state index in [0.29, 0.717) is 33.9 Å². The molecule has 14 heteroatoms. The van der Waals surface area contributed by atoms with E-state index in [1.54, 1.807) is 24.4 Å². The molecule has 1 unspecified atom stereocenters. The molecule has 6 N–H and O–H groups in total. The van der Waals surface area contributed by atoms with Gasteiger partial charge in [-0.3, -0.25) is 25.2 Å². The van der Waals surface area contributed by atoms with Crippen LogP contribution in [0.5, 0.6) is 17.2 Å². The summed E-state index contributed by atoms with van der Waals surface area (Å²) in [6, 6.07) is 26.9. The van der Waals surface area contributed by atoms with Gasteiger partial charge in [0.2, 0.25) is 0 Å². The molecule has 0 amide bonds. The molecular formula is C45H47ClN4O9. The van der Waals surface area contributed by atoms with Crippen LogP contribution in [0.15, 0.2) is 91.3 Å². The number of ether oxygens (including phenoxy) is 3. The van der Waals surface area contributed by atoms with Crippen molar-refractivity contribution in [2.24, 2.45) is 0 Å². The number of hydrogen-bond donors (Lipinski definition) is 6. The number of aliphatic hydroxyl groups is 2. The molecule has 0 spiro atoms. The third-order valence-electron chi connectivity index (χ3n) is 10.2. The van der Waals surface area contributed by atoms with Crippen molar-refractivity contribution in [1.82, 2.24) is 15.6 Å². The largest absolute Gasteiger partial charge is 0.492 e. The number of aliphatic hydroxyl groups excluding tert-OH is 2. The Morgan fingerprint density at radius 3 is 2.05 bits per heavy atom. The van der Waals surface area contributed by atoms with E-state index >= 15 is 0 Å². The third kappa shape index (κ3) is 10.7. The second kappa shape index (κ2) is 19.6. The van der Waals surface area contributed by atoms with Crippen molar-refractivity contribution < 1.29 is 44.2 Å². The first-order chi connectivity index (χ1) is 28.2. The lowest BCUT2D eigenvalue weighted by molar-refractivity contribution is -0.146. The zero-order valence-electron chi connectivity index (χ0n) is 33.2. The molecule has 0 fully saturated rings. The smallest absolute Gasteiger partial charge is 0.326 e. The zero-order chi connectivity index (χ0) is 42.7. The fourth-order valence-corrected chi connectivity index (χ4v) is 6.43. The van der Waals surface area contributed by atoms with E-state index in [0.717, 1.165) is 38.9 Å². The number of benzene rings is 4. The monoisotopic (exact) mass is 822 g/mol. The fraction of sp³-hybridized carbons (Fsp3) is 0.289. The van der Waals surface area contributed by atoms with E-state index in [9.17, 15) is 35.3 Å². The van der Waals surface area contributed by atoms with Crippen molar-refractivity contribution in [3.63, 3.8) is 0 Å². The van der Waals surface area contributed by atoms with Crippen LogP contribution >= 0.6 is 11.6 Å². The van der Waals surface area contributed by atoms with E-state index in [2.05, 4.69) is 46.8 Å². The summed E-state index contributed by atoms with van der Waals surface area (Å²) in [6.07, 6.45) is 3.03. The minimum Gasteiger partial charge on any atom is -0.492 e. The van der Waals surface area contributed by atoms with Crippen molar-refractivity contribution in [2.75, 3.05) is 26.4 Å². The maximum Gasteiger partial charge on any atom is 0.326 e. The Bertz CT molecular complexity index is 2330. The number of rotatable bonds is 20. The van der Waals surface area contributed by atoms with Crippen LogP contribution in [-0.2, 0) is 29.3 Å². The number of nitrogens with zero attached hydrogens (tertiary/aromatic N) is 2. The number of halogens is 1. The van der Waals surface area contributed by atoms with Crippen LogP contribution in [-0.4, -0.2) is 74.8 Å². The molecule has 0 saturated heterocycles. The molecule has 0 aliphatic carbocycles. The predicted octanol–water partition coefficient (Wildman–Crippen LogP) is 6.44. The fourth-order valence-electron chi connectivity index (χ4n) is 6.19. The minimum absolute atomic E-state index is 0.00621. The van der Waals surface area contributed by atoms with Gasteiger partial charge in [0.15, 0.2) is 0 Å². The number of carboxylic acids is 2. The van der Waals surface area contributed by atoms with Gasteiger partial charge in [0.1, 0.15) is 54.2 Å². The number of nitrogens with one attached hydrogen (secondary N) is 2. The Morgan fingerprint density at radius 2 is 1.39 bits per heavy atom. The number of hydrogen-bond acceptors (Lipinski definition) is 11. The van der Waals surface area contributed by atoms with Crippen molar-refractivity contribution >= 4 is 23.5 Å². The van der Waals surface area contributed by atoms with Crippen LogP contribution in [0.25, 0.3) is 22.3 Å². The number of aliphatic carboxylic acids is 2. The van der Waals surface area contributed by atoms with Gasteiger partial charge in [-0.2, -0.15) is 5.26 Å². The molecule has 5 rings (SSSR count). The lowest BCUT2D eigenvalue weighted by Gasteiger charge is -2.25. The highest BCUT2D eigenvalue weighted by Gasteiger charge is 2.33. The molecule has 13 nitrogen and oxygen atoms in total. The standard InChI is InChI=1S/C45H47ClN4O9/c1-28-33(25-59-41-19-40(58-24-31-17-30(20-47)21-48-22-31)34(18-39(41)46)23-50-45(4,27-52)43(55)56)7-5-9-37(28)38-10-6-8-36(29(38)2)32-11-13-35(14-12-32)57-16-15-49-44(3,26-51)42(53)54/h5-14,17-19,21-22,49-52H,15-16,23-27H2,1-4H3,(H,53,54)(H,55,56)/t44?,45-/m0/s1. The Labute approximate surface area is 347 Å². The summed E-state index contributed by atoms with van der Waals surface area (Å²) in [5.74, 6) is -1.03. The summed E-state index contributed by atoms with van der Waals surface area (Å²) in [4.78, 5) is 27.3. The minimum atomic E-state index is -1.61. The summed E-state index contributed by atoms with van der Waals surface area (Å²) < 4.78 is 18.3. The molecule has 4 aromatic carbocycles. The predicted molar refractivity (Wildman–Crippen MR) is 222 cm³/mol. The zero-order valence-corrected chi connectivity index (χ0v) is 34.0. The van der Waals surface area contributed by atoms with Crippen molar-refractivity contribution in [3.05, 3.63) is 130 Å². The molecule has 1 heterocycles. The van der Waals surface area contributed by atoms with Crippen LogP contribution in [0.1, 0.15) is 47.2 Å². The van der Waals surface area contributed by atoms with Gasteiger partial charge in [-0.15, -0.1) is 0 Å². The molecule has 59 heavy (non-hydrogen) atoms. The maximum atomic E-state index is 11.8. The summed E-state index contributed by atoms with van der Waals surface area (Å²) >= 11 is 6.75.